The van der Waals surface area contributed by atoms with Crippen LogP contribution in [0.1, 0.15) is 18.9 Å². The Labute approximate surface area is 188 Å². The Morgan fingerprint density at radius 3 is 2.61 bits per heavy atom. The van der Waals surface area contributed by atoms with Crippen molar-refractivity contribution in [2.45, 2.75) is 25.4 Å². The van der Waals surface area contributed by atoms with Gasteiger partial charge in [-0.2, -0.15) is 0 Å². The minimum Gasteiger partial charge on any atom is -0.497 e. The molecule has 1 atom stereocenters. The van der Waals surface area contributed by atoms with E-state index in [4.69, 9.17) is 4.74 Å². The molecule has 11 nitrogen and oxygen atoms in total. The van der Waals surface area contributed by atoms with Gasteiger partial charge in [0.1, 0.15) is 17.8 Å². The maximum Gasteiger partial charge on any atom is 0.350 e. The van der Waals surface area contributed by atoms with Crippen LogP contribution < -0.4 is 21.1 Å². The Bertz CT molecular complexity index is 1260. The maximum atomic E-state index is 12.9. The van der Waals surface area contributed by atoms with E-state index in [0.717, 1.165) is 4.90 Å². The summed E-state index contributed by atoms with van der Waals surface area (Å²) < 4.78 is 7.90. The van der Waals surface area contributed by atoms with Crippen LogP contribution in [0.25, 0.3) is 5.65 Å². The van der Waals surface area contributed by atoms with Crippen molar-refractivity contribution in [2.24, 2.45) is 0 Å². The molecule has 0 saturated carbocycles. The lowest BCUT2D eigenvalue weighted by Crippen LogP contribution is -2.43. The topological polar surface area (TPSA) is 127 Å². The lowest BCUT2D eigenvalue weighted by Gasteiger charge is -2.22. The maximum absolute atomic E-state index is 12.9. The lowest BCUT2D eigenvalue weighted by molar-refractivity contribution is -0.134. The number of carbonyl (C=O) groups excluding carboxylic acids is 3. The van der Waals surface area contributed by atoms with Crippen molar-refractivity contribution in [3.63, 3.8) is 0 Å². The fourth-order valence-corrected chi connectivity index (χ4v) is 3.73. The smallest absolute Gasteiger partial charge is 0.350 e. The van der Waals surface area contributed by atoms with E-state index >= 15 is 0 Å². The second-order valence-corrected chi connectivity index (χ2v) is 7.81. The monoisotopic (exact) mass is 452 g/mol. The molecule has 1 fully saturated rings. The van der Waals surface area contributed by atoms with Crippen molar-refractivity contribution in [3.8, 4) is 5.75 Å². The van der Waals surface area contributed by atoms with E-state index in [1.54, 1.807) is 55.6 Å². The molecule has 1 saturated heterocycles. The quantitative estimate of drug-likeness (QED) is 0.378. The first-order valence-corrected chi connectivity index (χ1v) is 10.4. The van der Waals surface area contributed by atoms with E-state index in [1.807, 2.05) is 0 Å². The zero-order valence-corrected chi connectivity index (χ0v) is 18.3. The highest BCUT2D eigenvalue weighted by molar-refractivity contribution is 6.09. The summed E-state index contributed by atoms with van der Waals surface area (Å²) in [6.45, 7) is 1.78. The van der Waals surface area contributed by atoms with Gasteiger partial charge < -0.3 is 15.4 Å². The van der Waals surface area contributed by atoms with Gasteiger partial charge in [-0.1, -0.05) is 18.2 Å². The van der Waals surface area contributed by atoms with Crippen molar-refractivity contribution in [1.82, 2.24) is 29.7 Å². The number of nitrogens with zero attached hydrogens (tertiary/aromatic N) is 4. The van der Waals surface area contributed by atoms with Crippen LogP contribution in [-0.2, 0) is 21.7 Å². The molecule has 1 aliphatic heterocycles. The second kappa shape index (κ2) is 8.77. The molecule has 4 amide bonds. The first kappa shape index (κ1) is 22.1. The van der Waals surface area contributed by atoms with Gasteiger partial charge in [-0.05, 0) is 43.2 Å². The van der Waals surface area contributed by atoms with Gasteiger partial charge in [-0.3, -0.25) is 18.9 Å². The Morgan fingerprint density at radius 1 is 1.15 bits per heavy atom. The minimum atomic E-state index is -1.27. The summed E-state index contributed by atoms with van der Waals surface area (Å²) in [5.41, 5.74) is -0.393. The third kappa shape index (κ3) is 4.16. The zero-order valence-electron chi connectivity index (χ0n) is 18.3. The highest BCUT2D eigenvalue weighted by Gasteiger charge is 2.49. The molecule has 1 aliphatic rings. The van der Waals surface area contributed by atoms with Crippen LogP contribution >= 0.6 is 0 Å². The number of urea groups is 1. The largest absolute Gasteiger partial charge is 0.497 e. The van der Waals surface area contributed by atoms with Gasteiger partial charge in [0.2, 0.25) is 5.91 Å². The van der Waals surface area contributed by atoms with Crippen LogP contribution in [0.4, 0.5) is 4.79 Å². The number of methoxy groups -OCH3 is 1. The number of aryl methyl sites for hydroxylation is 1. The summed E-state index contributed by atoms with van der Waals surface area (Å²) in [6.07, 6.45) is 2.10. The Kier molecular flexibility index (Phi) is 5.86. The fraction of sp³-hybridized carbons (Fsp3) is 0.318. The average molecular weight is 452 g/mol. The molecular weight excluding hydrogens is 428 g/mol. The van der Waals surface area contributed by atoms with E-state index in [1.165, 1.54) is 16.2 Å². The number of hydrogen-bond acceptors (Lipinski definition) is 6. The molecule has 2 N–H and O–H groups in total. The summed E-state index contributed by atoms with van der Waals surface area (Å²) in [5.74, 6) is -0.356. The molecule has 0 aliphatic carbocycles. The Hall–Kier alpha value is -4.15. The van der Waals surface area contributed by atoms with Gasteiger partial charge in [-0.15, -0.1) is 5.10 Å². The summed E-state index contributed by atoms with van der Waals surface area (Å²) in [7, 11) is 1.54. The minimum absolute atomic E-state index is 0.255. The predicted octanol–water partition coefficient (Wildman–Crippen LogP) is 0.478. The Balaban J connectivity index is 1.31. The van der Waals surface area contributed by atoms with Crippen LogP contribution in [0.15, 0.2) is 53.5 Å². The van der Waals surface area contributed by atoms with E-state index < -0.39 is 29.9 Å². The van der Waals surface area contributed by atoms with Crippen molar-refractivity contribution in [1.29, 1.82) is 0 Å². The molecule has 33 heavy (non-hydrogen) atoms. The SMILES string of the molecule is COc1ccc(C2(C)NC(=O)N(CC(=O)NCCCn3nc4ccccn4c3=O)C2=O)cc1. The summed E-state index contributed by atoms with van der Waals surface area (Å²) in [6, 6.07) is 11.4. The molecule has 0 spiro atoms. The number of hydrogen-bond donors (Lipinski definition) is 2. The van der Waals surface area contributed by atoms with Gasteiger partial charge in [0.15, 0.2) is 5.65 Å². The average Bonchev–Trinajstić information content (AvgIpc) is 3.25. The number of carbonyl (C=O) groups is 3. The standard InChI is InChI=1S/C22H24N6O5/c1-22(15-7-9-16(33-2)10-8-15)19(30)27(20(31)24-22)14-18(29)23-11-5-13-28-21(32)26-12-4-3-6-17(26)25-28/h3-4,6-10,12H,5,11,13-14H2,1-2H3,(H,23,29)(H,24,31). The summed E-state index contributed by atoms with van der Waals surface area (Å²) in [5, 5.41) is 9.57. The normalized spacial score (nSPS) is 17.9. The molecule has 1 unspecified atom stereocenters. The highest BCUT2D eigenvalue weighted by Crippen LogP contribution is 2.29. The second-order valence-electron chi connectivity index (χ2n) is 7.81. The van der Waals surface area contributed by atoms with E-state index in [9.17, 15) is 19.2 Å². The third-order valence-corrected chi connectivity index (χ3v) is 5.60. The molecule has 172 valence electrons. The lowest BCUT2D eigenvalue weighted by atomic mass is 9.92. The molecule has 0 bridgehead atoms. The first-order chi connectivity index (χ1) is 15.8. The fourth-order valence-electron chi connectivity index (χ4n) is 3.73. The van der Waals surface area contributed by atoms with E-state index in [0.29, 0.717) is 29.9 Å². The van der Waals surface area contributed by atoms with Crippen molar-refractivity contribution in [3.05, 3.63) is 64.7 Å². The van der Waals surface area contributed by atoms with Crippen LogP contribution in [0.3, 0.4) is 0 Å². The molecule has 2 aromatic heterocycles. The number of aromatic nitrogens is 3. The Morgan fingerprint density at radius 2 is 1.91 bits per heavy atom. The van der Waals surface area contributed by atoms with Gasteiger partial charge in [-0.25, -0.2) is 14.3 Å². The zero-order chi connectivity index (χ0) is 23.6. The predicted molar refractivity (Wildman–Crippen MR) is 118 cm³/mol. The first-order valence-electron chi connectivity index (χ1n) is 10.4. The number of ether oxygens (including phenoxy) is 1. The van der Waals surface area contributed by atoms with Crippen LogP contribution in [0, 0.1) is 0 Å². The molecule has 3 aromatic rings. The van der Waals surface area contributed by atoms with Gasteiger partial charge >= 0.3 is 11.7 Å². The highest BCUT2D eigenvalue weighted by atomic mass is 16.5. The summed E-state index contributed by atoms with van der Waals surface area (Å²) >= 11 is 0. The molecule has 1 aromatic carbocycles. The number of nitrogens with one attached hydrogen (secondary N) is 2. The van der Waals surface area contributed by atoms with Crippen molar-refractivity contribution >= 4 is 23.5 Å². The molecule has 4 rings (SSSR count). The van der Waals surface area contributed by atoms with Crippen LogP contribution in [0.5, 0.6) is 5.75 Å². The van der Waals surface area contributed by atoms with E-state index in [-0.39, 0.29) is 12.2 Å². The van der Waals surface area contributed by atoms with Crippen LogP contribution in [-0.4, -0.2) is 57.1 Å². The number of pyridine rings is 1. The van der Waals surface area contributed by atoms with Gasteiger partial charge in [0, 0.05) is 19.3 Å². The van der Waals surface area contributed by atoms with Crippen molar-refractivity contribution in [2.75, 3.05) is 20.2 Å². The van der Waals surface area contributed by atoms with Crippen molar-refractivity contribution < 1.29 is 19.1 Å². The molecule has 3 heterocycles. The number of imide groups is 1. The third-order valence-electron chi connectivity index (χ3n) is 5.60. The molecular formula is C22H24N6O5. The van der Waals surface area contributed by atoms with Gasteiger partial charge in [0.25, 0.3) is 5.91 Å². The van der Waals surface area contributed by atoms with Gasteiger partial charge in [0.05, 0.1) is 7.11 Å². The van der Waals surface area contributed by atoms with Crippen LogP contribution in [0.2, 0.25) is 0 Å². The number of benzene rings is 1. The number of fused-ring (bicyclic) bond motifs is 1. The van der Waals surface area contributed by atoms with E-state index in [2.05, 4.69) is 15.7 Å². The molecule has 0 radical (unpaired) electrons. The number of rotatable bonds is 8. The summed E-state index contributed by atoms with van der Waals surface area (Å²) in [4.78, 5) is 50.9. The molecule has 11 heteroatoms. The number of amides is 4.